The van der Waals surface area contributed by atoms with Gasteiger partial charge in [-0.3, -0.25) is 4.79 Å². The van der Waals surface area contributed by atoms with Crippen LogP contribution in [-0.2, 0) is 23.0 Å². The van der Waals surface area contributed by atoms with Crippen LogP contribution in [0.4, 0.5) is 4.79 Å². The number of aromatic nitrogens is 4. The molecule has 1 saturated carbocycles. The summed E-state index contributed by atoms with van der Waals surface area (Å²) in [6.45, 7) is 5.23. The first-order valence-corrected chi connectivity index (χ1v) is 7.55. The number of aliphatic carboxylic acids is 1. The van der Waals surface area contributed by atoms with Gasteiger partial charge in [0.25, 0.3) is 0 Å². The zero-order valence-electron chi connectivity index (χ0n) is 13.9. The number of ether oxygens (including phenoxy) is 1. The summed E-state index contributed by atoms with van der Waals surface area (Å²) in [6, 6.07) is 0. The van der Waals surface area contributed by atoms with Crippen molar-refractivity contribution in [2.24, 2.45) is 18.4 Å². The van der Waals surface area contributed by atoms with Crippen molar-refractivity contribution in [3.8, 4) is 0 Å². The number of nitrogens with one attached hydrogen (secondary N) is 1. The average molecular weight is 325 g/mol. The van der Waals surface area contributed by atoms with E-state index in [-0.39, 0.29) is 18.9 Å². The Morgan fingerprint density at radius 3 is 2.48 bits per heavy atom. The number of tetrazole rings is 1. The molecule has 9 heteroatoms. The molecule has 1 aliphatic rings. The summed E-state index contributed by atoms with van der Waals surface area (Å²) in [5.41, 5.74) is -1.78. The van der Waals surface area contributed by atoms with E-state index in [1.165, 1.54) is 4.80 Å². The molecule has 1 unspecified atom stereocenters. The molecule has 2 rings (SSSR count). The Labute approximate surface area is 134 Å². The van der Waals surface area contributed by atoms with Gasteiger partial charge in [-0.1, -0.05) is 0 Å². The Balaban J connectivity index is 2.11. The topological polar surface area (TPSA) is 119 Å². The van der Waals surface area contributed by atoms with Crippen molar-refractivity contribution in [2.75, 3.05) is 6.54 Å². The number of carbonyl (C=O) groups excluding carboxylic acids is 1. The van der Waals surface area contributed by atoms with Crippen molar-refractivity contribution >= 4 is 12.1 Å². The van der Waals surface area contributed by atoms with Gasteiger partial charge in [-0.25, -0.2) is 4.79 Å². The zero-order chi connectivity index (χ0) is 17.3. The fourth-order valence-corrected chi connectivity index (χ4v) is 2.53. The van der Waals surface area contributed by atoms with Crippen LogP contribution >= 0.6 is 0 Å². The third kappa shape index (κ3) is 4.40. The number of carbonyl (C=O) groups is 2. The molecule has 0 saturated heterocycles. The van der Waals surface area contributed by atoms with Gasteiger partial charge in [-0.2, -0.15) is 4.80 Å². The predicted octanol–water partition coefficient (Wildman–Crippen LogP) is 0.758. The predicted molar refractivity (Wildman–Crippen MR) is 79.5 cm³/mol. The van der Waals surface area contributed by atoms with E-state index in [0.717, 1.165) is 12.8 Å². The standard InChI is InChI=1S/C14H23N5O4/c1-13(2,3)23-12(22)15-8-14(11(20)21,9-5-6-9)7-10-16-18-19(4)17-10/h9H,5-8H2,1-4H3,(H,15,22)(H,20,21). The Morgan fingerprint density at radius 2 is 2.04 bits per heavy atom. The molecule has 0 radical (unpaired) electrons. The van der Waals surface area contributed by atoms with E-state index in [4.69, 9.17) is 4.74 Å². The molecule has 23 heavy (non-hydrogen) atoms. The van der Waals surface area contributed by atoms with Gasteiger partial charge in [-0.15, -0.1) is 10.2 Å². The first-order valence-electron chi connectivity index (χ1n) is 7.55. The van der Waals surface area contributed by atoms with Crippen molar-refractivity contribution in [2.45, 2.75) is 45.6 Å². The van der Waals surface area contributed by atoms with Gasteiger partial charge in [0.15, 0.2) is 5.82 Å². The first-order chi connectivity index (χ1) is 10.6. The maximum absolute atomic E-state index is 11.9. The van der Waals surface area contributed by atoms with E-state index in [1.54, 1.807) is 27.8 Å². The summed E-state index contributed by atoms with van der Waals surface area (Å²) in [5.74, 6) is -0.630. The molecule has 2 N–H and O–H groups in total. The highest BCUT2D eigenvalue weighted by Crippen LogP contribution is 2.47. The van der Waals surface area contributed by atoms with Crippen LogP contribution in [-0.4, -0.2) is 49.5 Å². The molecule has 1 fully saturated rings. The highest BCUT2D eigenvalue weighted by atomic mass is 16.6. The van der Waals surface area contributed by atoms with Gasteiger partial charge in [0.1, 0.15) is 5.60 Å². The van der Waals surface area contributed by atoms with Crippen LogP contribution in [0.3, 0.4) is 0 Å². The number of hydrogen-bond donors (Lipinski definition) is 2. The number of alkyl carbamates (subject to hydrolysis) is 1. The summed E-state index contributed by atoms with van der Waals surface area (Å²) in [6.07, 6.45) is 1.11. The fraction of sp³-hybridized carbons (Fsp3) is 0.786. The average Bonchev–Trinajstić information content (AvgIpc) is 3.17. The summed E-state index contributed by atoms with van der Waals surface area (Å²) in [5, 5.41) is 24.0. The largest absolute Gasteiger partial charge is 0.481 e. The SMILES string of the molecule is Cn1nnc(CC(CNC(=O)OC(C)(C)C)(C(=O)O)C2CC2)n1. The molecular weight excluding hydrogens is 302 g/mol. The number of carboxylic acid groups (broad SMARTS) is 1. The molecule has 1 aliphatic carbocycles. The molecule has 1 heterocycles. The second kappa shape index (κ2) is 6.13. The van der Waals surface area contributed by atoms with Crippen LogP contribution in [0.5, 0.6) is 0 Å². The number of amides is 1. The minimum absolute atomic E-state index is 0.0151. The smallest absolute Gasteiger partial charge is 0.407 e. The van der Waals surface area contributed by atoms with E-state index in [0.29, 0.717) is 5.82 Å². The number of aryl methyl sites for hydroxylation is 1. The second-order valence-corrected chi connectivity index (χ2v) is 6.96. The molecule has 128 valence electrons. The van der Waals surface area contributed by atoms with Crippen LogP contribution in [0, 0.1) is 11.3 Å². The quantitative estimate of drug-likeness (QED) is 0.792. The molecule has 0 aliphatic heterocycles. The molecule has 0 spiro atoms. The Hall–Kier alpha value is -2.19. The van der Waals surface area contributed by atoms with Gasteiger partial charge in [-0.05, 0) is 44.7 Å². The minimum Gasteiger partial charge on any atom is -0.481 e. The van der Waals surface area contributed by atoms with E-state index in [1.807, 2.05) is 0 Å². The second-order valence-electron chi connectivity index (χ2n) is 6.96. The third-order valence-corrected chi connectivity index (χ3v) is 3.76. The Kier molecular flexibility index (Phi) is 4.58. The van der Waals surface area contributed by atoms with Gasteiger partial charge in [0.05, 0.1) is 12.5 Å². The normalized spacial score (nSPS) is 17.4. The van der Waals surface area contributed by atoms with Crippen LogP contribution in [0.25, 0.3) is 0 Å². The molecule has 1 aromatic rings. The van der Waals surface area contributed by atoms with E-state index < -0.39 is 23.1 Å². The van der Waals surface area contributed by atoms with Gasteiger partial charge in [0.2, 0.25) is 0 Å². The van der Waals surface area contributed by atoms with E-state index >= 15 is 0 Å². The maximum atomic E-state index is 11.9. The lowest BCUT2D eigenvalue weighted by atomic mass is 9.79. The monoisotopic (exact) mass is 325 g/mol. The molecule has 0 aromatic carbocycles. The van der Waals surface area contributed by atoms with Gasteiger partial charge < -0.3 is 15.2 Å². The van der Waals surface area contributed by atoms with E-state index in [2.05, 4.69) is 20.7 Å². The van der Waals surface area contributed by atoms with Crippen LogP contribution in [0.2, 0.25) is 0 Å². The van der Waals surface area contributed by atoms with Gasteiger partial charge >= 0.3 is 12.1 Å². The third-order valence-electron chi connectivity index (χ3n) is 3.76. The van der Waals surface area contributed by atoms with Gasteiger partial charge in [0, 0.05) is 13.0 Å². The van der Waals surface area contributed by atoms with Crippen LogP contribution in [0.15, 0.2) is 0 Å². The molecule has 1 atom stereocenters. The summed E-state index contributed by atoms with van der Waals surface area (Å²) in [4.78, 5) is 25.1. The molecule has 1 amide bonds. The summed E-state index contributed by atoms with van der Waals surface area (Å²) in [7, 11) is 1.62. The number of rotatable bonds is 6. The lowest BCUT2D eigenvalue weighted by molar-refractivity contribution is -0.150. The van der Waals surface area contributed by atoms with Crippen LogP contribution < -0.4 is 5.32 Å². The molecule has 9 nitrogen and oxygen atoms in total. The van der Waals surface area contributed by atoms with E-state index in [9.17, 15) is 14.7 Å². The number of nitrogens with zero attached hydrogens (tertiary/aromatic N) is 4. The highest BCUT2D eigenvalue weighted by Gasteiger charge is 2.52. The Bertz CT molecular complexity index is 590. The van der Waals surface area contributed by atoms with Crippen molar-refractivity contribution in [3.63, 3.8) is 0 Å². The zero-order valence-corrected chi connectivity index (χ0v) is 13.9. The number of hydrogen-bond acceptors (Lipinski definition) is 6. The lowest BCUT2D eigenvalue weighted by Crippen LogP contribution is -2.47. The Morgan fingerprint density at radius 1 is 1.39 bits per heavy atom. The minimum atomic E-state index is -1.14. The lowest BCUT2D eigenvalue weighted by Gasteiger charge is -2.29. The summed E-state index contributed by atoms with van der Waals surface area (Å²) < 4.78 is 5.18. The molecule has 0 bridgehead atoms. The molecule has 1 aromatic heterocycles. The molecular formula is C14H23N5O4. The summed E-state index contributed by atoms with van der Waals surface area (Å²) >= 11 is 0. The van der Waals surface area contributed by atoms with Crippen molar-refractivity contribution in [3.05, 3.63) is 5.82 Å². The van der Waals surface area contributed by atoms with Crippen molar-refractivity contribution in [1.29, 1.82) is 0 Å². The van der Waals surface area contributed by atoms with Crippen molar-refractivity contribution < 1.29 is 19.4 Å². The maximum Gasteiger partial charge on any atom is 0.407 e. The first kappa shape index (κ1) is 17.2. The number of carboxylic acids is 1. The highest BCUT2D eigenvalue weighted by molar-refractivity contribution is 5.77. The van der Waals surface area contributed by atoms with Crippen LogP contribution in [0.1, 0.15) is 39.4 Å². The fourth-order valence-electron chi connectivity index (χ4n) is 2.53. The van der Waals surface area contributed by atoms with Crippen molar-refractivity contribution in [1.82, 2.24) is 25.5 Å².